The van der Waals surface area contributed by atoms with Gasteiger partial charge in [0, 0.05) is 0 Å². The molecule has 0 rings (SSSR count). The number of hydrogen-bond donors (Lipinski definition) is 0. The van der Waals surface area contributed by atoms with Gasteiger partial charge in [0.25, 0.3) is 0 Å². The lowest BCUT2D eigenvalue weighted by molar-refractivity contribution is -0.137. The summed E-state index contributed by atoms with van der Waals surface area (Å²) in [6.07, 6.45) is 18.0. The average molecular weight is 441 g/mol. The second-order valence-corrected chi connectivity index (χ2v) is 15.2. The SMILES string of the molecule is C=C(C(=O)OC)[C@@H](CCCCCCCCCCCCCCC)O[Si](C)(C)C(C)(C)C. The number of rotatable bonds is 18. The van der Waals surface area contributed by atoms with Crippen molar-refractivity contribution in [3.8, 4) is 0 Å². The molecule has 0 aliphatic rings. The largest absolute Gasteiger partial charge is 0.466 e. The van der Waals surface area contributed by atoms with E-state index in [1.807, 2.05) is 0 Å². The summed E-state index contributed by atoms with van der Waals surface area (Å²) in [6, 6.07) is 0. The van der Waals surface area contributed by atoms with E-state index in [0.717, 1.165) is 12.8 Å². The highest BCUT2D eigenvalue weighted by molar-refractivity contribution is 6.74. The highest BCUT2D eigenvalue weighted by Gasteiger charge is 2.40. The van der Waals surface area contributed by atoms with Crippen LogP contribution in [-0.2, 0) is 14.0 Å². The second kappa shape index (κ2) is 16.1. The first kappa shape index (κ1) is 29.4. The minimum absolute atomic E-state index is 0.109. The maximum atomic E-state index is 12.0. The molecule has 0 unspecified atom stereocenters. The number of unbranched alkanes of at least 4 members (excludes halogenated alkanes) is 12. The van der Waals surface area contributed by atoms with Crippen molar-refractivity contribution in [2.24, 2.45) is 0 Å². The molecule has 0 N–H and O–H groups in total. The molecule has 0 aromatic rings. The summed E-state index contributed by atoms with van der Waals surface area (Å²) in [6.45, 7) is 17.4. The van der Waals surface area contributed by atoms with Crippen LogP contribution in [0.3, 0.4) is 0 Å². The van der Waals surface area contributed by atoms with Crippen LogP contribution < -0.4 is 0 Å². The van der Waals surface area contributed by atoms with Crippen LogP contribution in [0.4, 0.5) is 0 Å². The van der Waals surface area contributed by atoms with Crippen molar-refractivity contribution in [1.82, 2.24) is 0 Å². The minimum atomic E-state index is -1.96. The Labute approximate surface area is 189 Å². The number of methoxy groups -OCH3 is 1. The molecule has 0 aliphatic heterocycles. The van der Waals surface area contributed by atoms with E-state index in [1.54, 1.807) is 0 Å². The molecule has 0 spiro atoms. The molecule has 0 aliphatic carbocycles. The fraction of sp³-hybridized carbons (Fsp3) is 0.885. The highest BCUT2D eigenvalue weighted by atomic mass is 28.4. The van der Waals surface area contributed by atoms with Crippen molar-refractivity contribution in [2.45, 2.75) is 142 Å². The van der Waals surface area contributed by atoms with Crippen LogP contribution in [0.25, 0.3) is 0 Å². The third-order valence-corrected chi connectivity index (χ3v) is 11.1. The molecule has 0 heterocycles. The Morgan fingerprint density at radius 3 is 1.60 bits per heavy atom. The fourth-order valence-corrected chi connectivity index (χ4v) is 4.77. The molecule has 0 aromatic heterocycles. The Bertz CT molecular complexity index is 465. The summed E-state index contributed by atoms with van der Waals surface area (Å²) in [4.78, 5) is 12.0. The monoisotopic (exact) mass is 440 g/mol. The molecular weight excluding hydrogens is 388 g/mol. The molecule has 4 heteroatoms. The smallest absolute Gasteiger partial charge is 0.335 e. The summed E-state index contributed by atoms with van der Waals surface area (Å²) in [5, 5.41) is 0.109. The zero-order valence-corrected chi connectivity index (χ0v) is 22.4. The van der Waals surface area contributed by atoms with Gasteiger partial charge in [0.1, 0.15) is 0 Å². The van der Waals surface area contributed by atoms with E-state index >= 15 is 0 Å². The third-order valence-electron chi connectivity index (χ3n) is 6.65. The van der Waals surface area contributed by atoms with Gasteiger partial charge in [0.15, 0.2) is 8.32 Å². The van der Waals surface area contributed by atoms with Crippen molar-refractivity contribution < 1.29 is 14.0 Å². The van der Waals surface area contributed by atoms with Gasteiger partial charge in [0.2, 0.25) is 0 Å². The molecular formula is C26H52O3Si. The standard InChI is InChI=1S/C26H52O3Si/c1-9-10-11-12-13-14-15-16-17-18-19-20-21-22-24(23(2)25(27)28-6)29-30(7,8)26(3,4)5/h24H,2,9-22H2,1,3-8H3/t24-/m1/s1. The summed E-state index contributed by atoms with van der Waals surface area (Å²) in [7, 11) is -0.544. The first-order valence-electron chi connectivity index (χ1n) is 12.5. The van der Waals surface area contributed by atoms with Crippen molar-refractivity contribution in [1.29, 1.82) is 0 Å². The van der Waals surface area contributed by atoms with Gasteiger partial charge in [0.05, 0.1) is 18.8 Å². The van der Waals surface area contributed by atoms with E-state index in [-0.39, 0.29) is 17.1 Å². The third kappa shape index (κ3) is 12.9. The summed E-state index contributed by atoms with van der Waals surface area (Å²) < 4.78 is 11.4. The Morgan fingerprint density at radius 2 is 1.23 bits per heavy atom. The molecule has 0 aromatic carbocycles. The molecule has 0 amide bonds. The van der Waals surface area contributed by atoms with Gasteiger partial charge in [-0.05, 0) is 24.6 Å². The first-order valence-corrected chi connectivity index (χ1v) is 15.4. The Morgan fingerprint density at radius 1 is 0.833 bits per heavy atom. The quantitative estimate of drug-likeness (QED) is 0.0926. The van der Waals surface area contributed by atoms with Crippen molar-refractivity contribution in [3.05, 3.63) is 12.2 Å². The second-order valence-electron chi connectivity index (χ2n) is 10.4. The van der Waals surface area contributed by atoms with E-state index in [0.29, 0.717) is 5.57 Å². The van der Waals surface area contributed by atoms with Gasteiger partial charge in [-0.3, -0.25) is 0 Å². The van der Waals surface area contributed by atoms with Crippen LogP contribution >= 0.6 is 0 Å². The lowest BCUT2D eigenvalue weighted by Crippen LogP contribution is -2.45. The average Bonchev–Trinajstić information content (AvgIpc) is 2.68. The number of hydrogen-bond acceptors (Lipinski definition) is 3. The van der Waals surface area contributed by atoms with Crippen LogP contribution in [-0.4, -0.2) is 27.5 Å². The number of ether oxygens (including phenoxy) is 1. The minimum Gasteiger partial charge on any atom is -0.466 e. The molecule has 0 radical (unpaired) electrons. The van der Waals surface area contributed by atoms with Crippen molar-refractivity contribution >= 4 is 14.3 Å². The lowest BCUT2D eigenvalue weighted by Gasteiger charge is -2.39. The van der Waals surface area contributed by atoms with E-state index in [9.17, 15) is 4.79 Å². The van der Waals surface area contributed by atoms with Crippen LogP contribution in [0.2, 0.25) is 18.1 Å². The molecule has 30 heavy (non-hydrogen) atoms. The van der Waals surface area contributed by atoms with E-state index < -0.39 is 8.32 Å². The molecule has 0 bridgehead atoms. The van der Waals surface area contributed by atoms with Crippen LogP contribution in [0.5, 0.6) is 0 Å². The highest BCUT2D eigenvalue weighted by Crippen LogP contribution is 2.38. The normalized spacial score (nSPS) is 13.3. The number of esters is 1. The van der Waals surface area contributed by atoms with Gasteiger partial charge < -0.3 is 9.16 Å². The zero-order valence-electron chi connectivity index (χ0n) is 21.4. The maximum Gasteiger partial charge on any atom is 0.335 e. The van der Waals surface area contributed by atoms with E-state index in [2.05, 4.69) is 47.4 Å². The van der Waals surface area contributed by atoms with Crippen LogP contribution in [0, 0.1) is 0 Å². The molecule has 3 nitrogen and oxygen atoms in total. The van der Waals surface area contributed by atoms with Crippen molar-refractivity contribution in [2.75, 3.05) is 7.11 Å². The van der Waals surface area contributed by atoms with Gasteiger partial charge >= 0.3 is 5.97 Å². The number of carbonyl (C=O) groups is 1. The fourth-order valence-electron chi connectivity index (χ4n) is 3.45. The maximum absolute atomic E-state index is 12.0. The summed E-state index contributed by atoms with van der Waals surface area (Å²) in [5.74, 6) is -0.339. The van der Waals surface area contributed by atoms with Crippen LogP contribution in [0.15, 0.2) is 12.2 Å². The van der Waals surface area contributed by atoms with Crippen LogP contribution in [0.1, 0.15) is 118 Å². The van der Waals surface area contributed by atoms with E-state index in [4.69, 9.17) is 9.16 Å². The van der Waals surface area contributed by atoms with Gasteiger partial charge in [-0.1, -0.05) is 118 Å². The van der Waals surface area contributed by atoms with Gasteiger partial charge in [-0.25, -0.2) is 4.79 Å². The molecule has 0 saturated carbocycles. The first-order chi connectivity index (χ1) is 14.1. The van der Waals surface area contributed by atoms with Gasteiger partial charge in [-0.15, -0.1) is 0 Å². The number of carbonyl (C=O) groups excluding carboxylic acids is 1. The molecule has 0 saturated heterocycles. The Kier molecular flexibility index (Phi) is 15.8. The summed E-state index contributed by atoms with van der Waals surface area (Å²) in [5.41, 5.74) is 0.473. The zero-order chi connectivity index (χ0) is 23.0. The molecule has 0 fully saturated rings. The molecule has 178 valence electrons. The molecule has 1 atom stereocenters. The van der Waals surface area contributed by atoms with Crippen molar-refractivity contribution in [3.63, 3.8) is 0 Å². The topological polar surface area (TPSA) is 35.5 Å². The predicted molar refractivity (Wildman–Crippen MR) is 134 cm³/mol. The van der Waals surface area contributed by atoms with E-state index in [1.165, 1.54) is 84.2 Å². The van der Waals surface area contributed by atoms with Gasteiger partial charge in [-0.2, -0.15) is 0 Å². The predicted octanol–water partition coefficient (Wildman–Crippen LogP) is 8.59. The lowest BCUT2D eigenvalue weighted by atomic mass is 10.0. The Hall–Kier alpha value is -0.613. The Balaban J connectivity index is 4.12. The summed E-state index contributed by atoms with van der Waals surface area (Å²) >= 11 is 0.